The topological polar surface area (TPSA) is 24.9 Å². The van der Waals surface area contributed by atoms with E-state index in [2.05, 4.69) is 38.0 Å². The van der Waals surface area contributed by atoms with E-state index in [4.69, 9.17) is 11.6 Å². The number of aromatic nitrogens is 1. The van der Waals surface area contributed by atoms with Gasteiger partial charge in [0.2, 0.25) is 0 Å². The Morgan fingerprint density at radius 1 is 1.37 bits per heavy atom. The zero-order valence-corrected chi connectivity index (χ0v) is 13.4. The van der Waals surface area contributed by atoms with E-state index in [1.165, 1.54) is 18.4 Å². The summed E-state index contributed by atoms with van der Waals surface area (Å²) in [6.07, 6.45) is 8.10. The molecule has 1 atom stereocenters. The van der Waals surface area contributed by atoms with E-state index in [0.29, 0.717) is 11.5 Å². The second kappa shape index (κ2) is 7.86. The van der Waals surface area contributed by atoms with Crippen LogP contribution in [0, 0.1) is 5.41 Å². The van der Waals surface area contributed by atoms with Gasteiger partial charge in [-0.15, -0.1) is 0 Å². The highest BCUT2D eigenvalue weighted by atomic mass is 35.5. The predicted molar refractivity (Wildman–Crippen MR) is 83.7 cm³/mol. The van der Waals surface area contributed by atoms with Crippen LogP contribution in [0.15, 0.2) is 18.5 Å². The Bertz CT molecular complexity index is 371. The van der Waals surface area contributed by atoms with Crippen molar-refractivity contribution >= 4 is 11.6 Å². The van der Waals surface area contributed by atoms with Crippen LogP contribution in [0.3, 0.4) is 0 Å². The number of rotatable bonds is 7. The second-order valence-corrected chi connectivity index (χ2v) is 6.64. The summed E-state index contributed by atoms with van der Waals surface area (Å²) in [5.41, 5.74) is 1.51. The highest BCUT2D eigenvalue weighted by Gasteiger charge is 2.23. The van der Waals surface area contributed by atoms with Crippen molar-refractivity contribution in [1.29, 1.82) is 0 Å². The Morgan fingerprint density at radius 2 is 2.11 bits per heavy atom. The Kier molecular flexibility index (Phi) is 6.81. The number of nitrogens with one attached hydrogen (secondary N) is 1. The molecule has 108 valence electrons. The molecule has 0 fully saturated rings. The van der Waals surface area contributed by atoms with Crippen molar-refractivity contribution in [1.82, 2.24) is 10.3 Å². The van der Waals surface area contributed by atoms with Gasteiger partial charge in [-0.1, -0.05) is 39.3 Å². The quantitative estimate of drug-likeness (QED) is 0.798. The van der Waals surface area contributed by atoms with Gasteiger partial charge < -0.3 is 5.32 Å². The molecule has 19 heavy (non-hydrogen) atoms. The molecule has 0 aromatic carbocycles. The first-order valence-corrected chi connectivity index (χ1v) is 7.64. The summed E-state index contributed by atoms with van der Waals surface area (Å²) in [7, 11) is 0. The van der Waals surface area contributed by atoms with Crippen LogP contribution in [0.5, 0.6) is 0 Å². The van der Waals surface area contributed by atoms with Gasteiger partial charge in [-0.05, 0) is 49.3 Å². The van der Waals surface area contributed by atoms with Crippen molar-refractivity contribution in [3.05, 3.63) is 29.0 Å². The predicted octanol–water partition coefficient (Wildman–Crippen LogP) is 4.47. The highest BCUT2D eigenvalue weighted by molar-refractivity contribution is 6.31. The summed E-state index contributed by atoms with van der Waals surface area (Å²) < 4.78 is 0. The van der Waals surface area contributed by atoms with Gasteiger partial charge >= 0.3 is 0 Å². The van der Waals surface area contributed by atoms with Crippen molar-refractivity contribution in [2.75, 3.05) is 6.54 Å². The van der Waals surface area contributed by atoms with Crippen LogP contribution in [-0.4, -0.2) is 17.6 Å². The Hall–Kier alpha value is -0.600. The van der Waals surface area contributed by atoms with Crippen molar-refractivity contribution in [3.8, 4) is 0 Å². The summed E-state index contributed by atoms with van der Waals surface area (Å²) in [5, 5.41) is 4.45. The number of nitrogens with zero attached hydrogens (tertiary/aromatic N) is 1. The molecule has 3 heteroatoms. The third-order valence-electron chi connectivity index (χ3n) is 3.48. The second-order valence-electron chi connectivity index (χ2n) is 6.23. The third-order valence-corrected chi connectivity index (χ3v) is 3.82. The molecule has 0 saturated heterocycles. The molecule has 1 heterocycles. The molecular weight excluding hydrogens is 256 g/mol. The molecule has 0 spiro atoms. The molecule has 1 aromatic heterocycles. The number of aryl methyl sites for hydroxylation is 1. The van der Waals surface area contributed by atoms with Crippen LogP contribution in [-0.2, 0) is 6.42 Å². The fourth-order valence-corrected chi connectivity index (χ4v) is 2.48. The molecule has 1 aromatic rings. The van der Waals surface area contributed by atoms with Gasteiger partial charge in [0, 0.05) is 18.4 Å². The van der Waals surface area contributed by atoms with Crippen LogP contribution in [0.25, 0.3) is 0 Å². The van der Waals surface area contributed by atoms with Crippen molar-refractivity contribution in [3.63, 3.8) is 0 Å². The van der Waals surface area contributed by atoms with Crippen LogP contribution in [0.1, 0.15) is 52.5 Å². The molecule has 2 nitrogen and oxygen atoms in total. The molecule has 1 N–H and O–H groups in total. The van der Waals surface area contributed by atoms with E-state index in [9.17, 15) is 0 Å². The smallest absolute Gasteiger partial charge is 0.0621 e. The average molecular weight is 283 g/mol. The number of pyridine rings is 1. The van der Waals surface area contributed by atoms with Crippen molar-refractivity contribution in [2.24, 2.45) is 5.41 Å². The Labute approximate surface area is 123 Å². The fraction of sp³-hybridized carbons (Fsp3) is 0.688. The molecular formula is C16H27ClN2. The summed E-state index contributed by atoms with van der Waals surface area (Å²) >= 11 is 6.13. The Balaban J connectivity index is 2.46. The number of hydrogen-bond donors (Lipinski definition) is 1. The highest BCUT2D eigenvalue weighted by Crippen LogP contribution is 2.24. The van der Waals surface area contributed by atoms with Gasteiger partial charge in [0.05, 0.1) is 5.02 Å². The summed E-state index contributed by atoms with van der Waals surface area (Å²) in [5.74, 6) is 0. The van der Waals surface area contributed by atoms with E-state index < -0.39 is 0 Å². The van der Waals surface area contributed by atoms with Gasteiger partial charge in [-0.25, -0.2) is 0 Å². The zero-order valence-electron chi connectivity index (χ0n) is 12.7. The normalized spacial score (nSPS) is 13.5. The molecule has 1 unspecified atom stereocenters. The van der Waals surface area contributed by atoms with Crippen molar-refractivity contribution < 1.29 is 0 Å². The van der Waals surface area contributed by atoms with E-state index in [0.717, 1.165) is 24.4 Å². The molecule has 0 aliphatic rings. The van der Waals surface area contributed by atoms with Crippen LogP contribution < -0.4 is 5.32 Å². The van der Waals surface area contributed by atoms with Crippen LogP contribution >= 0.6 is 11.6 Å². The monoisotopic (exact) mass is 282 g/mol. The number of hydrogen-bond acceptors (Lipinski definition) is 2. The van der Waals surface area contributed by atoms with E-state index >= 15 is 0 Å². The lowest BCUT2D eigenvalue weighted by atomic mass is 9.83. The van der Waals surface area contributed by atoms with Gasteiger partial charge in [0.25, 0.3) is 0 Å². The first-order valence-electron chi connectivity index (χ1n) is 7.27. The van der Waals surface area contributed by atoms with E-state index in [1.807, 2.05) is 12.3 Å². The Morgan fingerprint density at radius 3 is 2.68 bits per heavy atom. The van der Waals surface area contributed by atoms with Gasteiger partial charge in [-0.3, -0.25) is 4.98 Å². The number of halogens is 1. The maximum absolute atomic E-state index is 6.13. The average Bonchev–Trinajstić information content (AvgIpc) is 2.34. The zero-order chi connectivity index (χ0) is 14.3. The summed E-state index contributed by atoms with van der Waals surface area (Å²) in [6.45, 7) is 10.2. The molecule has 0 amide bonds. The molecule has 1 rings (SSSR count). The molecule has 0 aliphatic heterocycles. The molecule has 0 bridgehead atoms. The summed E-state index contributed by atoms with van der Waals surface area (Å²) in [6, 6.07) is 2.58. The van der Waals surface area contributed by atoms with Gasteiger partial charge in [0.1, 0.15) is 0 Å². The lowest BCUT2D eigenvalue weighted by Gasteiger charge is -2.32. The SMILES string of the molecule is CCCNC(CCCc1ccncc1Cl)C(C)(C)C. The maximum atomic E-state index is 6.13. The van der Waals surface area contributed by atoms with E-state index in [-0.39, 0.29) is 0 Å². The van der Waals surface area contributed by atoms with Crippen molar-refractivity contribution in [2.45, 2.75) is 59.4 Å². The minimum Gasteiger partial charge on any atom is -0.313 e. The maximum Gasteiger partial charge on any atom is 0.0621 e. The van der Waals surface area contributed by atoms with Gasteiger partial charge in [0.15, 0.2) is 0 Å². The minimum absolute atomic E-state index is 0.303. The largest absolute Gasteiger partial charge is 0.313 e. The fourth-order valence-electron chi connectivity index (χ4n) is 2.26. The van der Waals surface area contributed by atoms with E-state index in [1.54, 1.807) is 6.20 Å². The summed E-state index contributed by atoms with van der Waals surface area (Å²) in [4.78, 5) is 4.02. The first kappa shape index (κ1) is 16.5. The lowest BCUT2D eigenvalue weighted by Crippen LogP contribution is -2.40. The van der Waals surface area contributed by atoms with Crippen LogP contribution in [0.2, 0.25) is 5.02 Å². The van der Waals surface area contributed by atoms with Crippen LogP contribution in [0.4, 0.5) is 0 Å². The standard InChI is InChI=1S/C16H27ClN2/c1-5-10-19-15(16(2,3)4)8-6-7-13-9-11-18-12-14(13)17/h9,11-12,15,19H,5-8,10H2,1-4H3. The molecule has 0 saturated carbocycles. The van der Waals surface area contributed by atoms with Gasteiger partial charge in [-0.2, -0.15) is 0 Å². The molecule has 0 aliphatic carbocycles. The first-order chi connectivity index (χ1) is 8.95. The minimum atomic E-state index is 0.303. The molecule has 0 radical (unpaired) electrons. The third kappa shape index (κ3) is 5.92. The lowest BCUT2D eigenvalue weighted by molar-refractivity contribution is 0.251.